The molecular formula is C5H12N2O2S. The highest BCUT2D eigenvalue weighted by atomic mass is 32.2. The van der Waals surface area contributed by atoms with Gasteiger partial charge in [0.2, 0.25) is 0 Å². The number of rotatable bonds is 1. The number of hydrogen-bond acceptors (Lipinski definition) is 4. The average molecular weight is 164 g/mol. The van der Waals surface area contributed by atoms with Gasteiger partial charge in [0, 0.05) is 6.04 Å². The van der Waals surface area contributed by atoms with E-state index in [0.717, 1.165) is 0 Å². The lowest BCUT2D eigenvalue weighted by Gasteiger charge is -2.09. The SMILES string of the molecule is C[C@H]1CS(=O)(=O)C[C@H]1NN. The Morgan fingerprint density at radius 1 is 1.50 bits per heavy atom. The molecule has 0 unspecified atom stereocenters. The standard InChI is InChI=1S/C5H12N2O2S/c1-4-2-10(8,9)3-5(4)7-6/h4-5,7H,2-3,6H2,1H3/t4-,5+/m0/s1. The van der Waals surface area contributed by atoms with Crippen LogP contribution in [0.2, 0.25) is 0 Å². The lowest BCUT2D eigenvalue weighted by molar-refractivity contribution is 0.466. The summed E-state index contributed by atoms with van der Waals surface area (Å²) in [5.41, 5.74) is 2.49. The number of nitrogens with two attached hydrogens (primary N) is 1. The van der Waals surface area contributed by atoms with Gasteiger partial charge < -0.3 is 0 Å². The van der Waals surface area contributed by atoms with Crippen molar-refractivity contribution in [1.82, 2.24) is 5.43 Å². The van der Waals surface area contributed by atoms with Crippen molar-refractivity contribution in [2.45, 2.75) is 13.0 Å². The minimum atomic E-state index is -2.80. The Labute approximate surface area is 60.7 Å². The molecule has 3 N–H and O–H groups in total. The third kappa shape index (κ3) is 1.47. The van der Waals surface area contributed by atoms with Gasteiger partial charge in [-0.2, -0.15) is 0 Å². The van der Waals surface area contributed by atoms with Gasteiger partial charge in [0.25, 0.3) is 0 Å². The molecule has 0 aromatic carbocycles. The molecule has 10 heavy (non-hydrogen) atoms. The zero-order valence-corrected chi connectivity index (χ0v) is 6.69. The number of nitrogens with one attached hydrogen (secondary N) is 1. The monoisotopic (exact) mass is 164 g/mol. The van der Waals surface area contributed by atoms with E-state index in [-0.39, 0.29) is 23.5 Å². The van der Waals surface area contributed by atoms with E-state index in [9.17, 15) is 8.42 Å². The number of sulfone groups is 1. The first-order valence-corrected chi connectivity index (χ1v) is 5.04. The van der Waals surface area contributed by atoms with Crippen molar-refractivity contribution in [3.05, 3.63) is 0 Å². The Bertz CT molecular complexity index is 212. The van der Waals surface area contributed by atoms with Crippen LogP contribution in [0.4, 0.5) is 0 Å². The van der Waals surface area contributed by atoms with E-state index >= 15 is 0 Å². The lowest BCUT2D eigenvalue weighted by atomic mass is 10.1. The molecule has 0 amide bonds. The summed E-state index contributed by atoms with van der Waals surface area (Å²) in [6.45, 7) is 1.88. The molecule has 1 aliphatic heterocycles. The third-order valence-corrected chi connectivity index (χ3v) is 3.75. The van der Waals surface area contributed by atoms with E-state index in [1.807, 2.05) is 6.92 Å². The molecule has 0 aromatic heterocycles. The molecule has 0 spiro atoms. The topological polar surface area (TPSA) is 72.2 Å². The van der Waals surface area contributed by atoms with Gasteiger partial charge in [0.15, 0.2) is 9.84 Å². The predicted molar refractivity (Wildman–Crippen MR) is 38.9 cm³/mol. The summed E-state index contributed by atoms with van der Waals surface area (Å²) in [4.78, 5) is 0. The second kappa shape index (κ2) is 2.48. The van der Waals surface area contributed by atoms with Crippen LogP contribution in [0.25, 0.3) is 0 Å². The van der Waals surface area contributed by atoms with Gasteiger partial charge in [-0.1, -0.05) is 6.92 Å². The summed E-state index contributed by atoms with van der Waals surface area (Å²) in [5, 5.41) is 0. The largest absolute Gasteiger partial charge is 0.271 e. The minimum absolute atomic E-state index is 0.0509. The minimum Gasteiger partial charge on any atom is -0.271 e. The van der Waals surface area contributed by atoms with Crippen molar-refractivity contribution < 1.29 is 8.42 Å². The summed E-state index contributed by atoms with van der Waals surface area (Å²) in [6, 6.07) is -0.0509. The van der Waals surface area contributed by atoms with Crippen molar-refractivity contribution in [3.8, 4) is 0 Å². The number of hydrogen-bond donors (Lipinski definition) is 2. The van der Waals surface area contributed by atoms with E-state index < -0.39 is 9.84 Å². The predicted octanol–water partition coefficient (Wildman–Crippen LogP) is -1.12. The molecule has 1 heterocycles. The Hall–Kier alpha value is -0.130. The highest BCUT2D eigenvalue weighted by Gasteiger charge is 2.33. The fourth-order valence-corrected chi connectivity index (χ4v) is 3.38. The molecule has 1 aliphatic rings. The molecule has 2 atom stereocenters. The second-order valence-electron chi connectivity index (χ2n) is 2.83. The lowest BCUT2D eigenvalue weighted by Crippen LogP contribution is -2.39. The summed E-state index contributed by atoms with van der Waals surface area (Å²) in [6.07, 6.45) is 0. The zero-order chi connectivity index (χ0) is 7.78. The molecule has 4 nitrogen and oxygen atoms in total. The van der Waals surface area contributed by atoms with Crippen molar-refractivity contribution in [1.29, 1.82) is 0 Å². The first-order valence-electron chi connectivity index (χ1n) is 3.22. The van der Waals surface area contributed by atoms with Crippen LogP contribution in [0.15, 0.2) is 0 Å². The molecule has 60 valence electrons. The van der Waals surface area contributed by atoms with Gasteiger partial charge >= 0.3 is 0 Å². The first-order chi connectivity index (χ1) is 4.55. The normalized spacial score (nSPS) is 38.2. The average Bonchev–Trinajstić information content (AvgIpc) is 2.05. The van der Waals surface area contributed by atoms with Crippen molar-refractivity contribution in [2.75, 3.05) is 11.5 Å². The quantitative estimate of drug-likeness (QED) is 0.380. The maximum absolute atomic E-state index is 10.9. The Kier molecular flexibility index (Phi) is 1.98. The van der Waals surface area contributed by atoms with Crippen molar-refractivity contribution in [2.24, 2.45) is 11.8 Å². The zero-order valence-electron chi connectivity index (χ0n) is 5.87. The summed E-state index contributed by atoms with van der Waals surface area (Å²) in [5.74, 6) is 5.73. The molecule has 0 radical (unpaired) electrons. The van der Waals surface area contributed by atoms with Gasteiger partial charge in [-0.15, -0.1) is 0 Å². The highest BCUT2D eigenvalue weighted by molar-refractivity contribution is 7.91. The maximum atomic E-state index is 10.9. The fraction of sp³-hybridized carbons (Fsp3) is 1.00. The van der Waals surface area contributed by atoms with E-state index in [1.165, 1.54) is 0 Å². The van der Waals surface area contributed by atoms with Crippen LogP contribution in [-0.2, 0) is 9.84 Å². The Balaban J connectivity index is 2.71. The van der Waals surface area contributed by atoms with E-state index in [4.69, 9.17) is 5.84 Å². The van der Waals surface area contributed by atoms with Crippen LogP contribution in [-0.4, -0.2) is 26.0 Å². The summed E-state index contributed by atoms with van der Waals surface area (Å²) in [7, 11) is -2.80. The van der Waals surface area contributed by atoms with Crippen LogP contribution in [0.3, 0.4) is 0 Å². The van der Waals surface area contributed by atoms with Gasteiger partial charge in [0.05, 0.1) is 11.5 Å². The van der Waals surface area contributed by atoms with E-state index in [2.05, 4.69) is 5.43 Å². The molecule has 0 bridgehead atoms. The van der Waals surface area contributed by atoms with Crippen LogP contribution in [0, 0.1) is 5.92 Å². The first kappa shape index (κ1) is 7.97. The summed E-state index contributed by atoms with van der Waals surface area (Å²) < 4.78 is 21.8. The molecule has 0 saturated carbocycles. The highest BCUT2D eigenvalue weighted by Crippen LogP contribution is 2.17. The molecule has 1 saturated heterocycles. The van der Waals surface area contributed by atoms with Gasteiger partial charge in [-0.3, -0.25) is 11.3 Å². The van der Waals surface area contributed by atoms with Crippen molar-refractivity contribution in [3.63, 3.8) is 0 Å². The van der Waals surface area contributed by atoms with Crippen LogP contribution < -0.4 is 11.3 Å². The van der Waals surface area contributed by atoms with Crippen LogP contribution >= 0.6 is 0 Å². The van der Waals surface area contributed by atoms with Crippen LogP contribution in [0.5, 0.6) is 0 Å². The van der Waals surface area contributed by atoms with Crippen molar-refractivity contribution >= 4 is 9.84 Å². The second-order valence-corrected chi connectivity index (χ2v) is 4.98. The Morgan fingerprint density at radius 2 is 2.10 bits per heavy atom. The molecular weight excluding hydrogens is 152 g/mol. The van der Waals surface area contributed by atoms with E-state index in [1.54, 1.807) is 0 Å². The fourth-order valence-electron chi connectivity index (χ4n) is 1.23. The van der Waals surface area contributed by atoms with Gasteiger partial charge in [-0.25, -0.2) is 8.42 Å². The molecule has 1 fully saturated rings. The van der Waals surface area contributed by atoms with Gasteiger partial charge in [0.1, 0.15) is 0 Å². The van der Waals surface area contributed by atoms with Crippen LogP contribution in [0.1, 0.15) is 6.92 Å². The smallest absolute Gasteiger partial charge is 0.152 e. The van der Waals surface area contributed by atoms with Gasteiger partial charge in [-0.05, 0) is 5.92 Å². The molecule has 0 aromatic rings. The Morgan fingerprint density at radius 3 is 2.30 bits per heavy atom. The summed E-state index contributed by atoms with van der Waals surface area (Å²) >= 11 is 0. The van der Waals surface area contributed by atoms with E-state index in [0.29, 0.717) is 0 Å². The molecule has 5 heteroatoms. The number of hydrazine groups is 1. The maximum Gasteiger partial charge on any atom is 0.152 e. The molecule has 0 aliphatic carbocycles. The molecule has 1 rings (SSSR count). The third-order valence-electron chi connectivity index (χ3n) is 1.85.